The fourth-order valence-electron chi connectivity index (χ4n) is 2.09. The zero-order valence-corrected chi connectivity index (χ0v) is 13.7. The van der Waals surface area contributed by atoms with E-state index in [9.17, 15) is 9.59 Å². The van der Waals surface area contributed by atoms with Gasteiger partial charge in [-0.1, -0.05) is 12.1 Å². The number of hydrogen-bond acceptors (Lipinski definition) is 4. The summed E-state index contributed by atoms with van der Waals surface area (Å²) in [5, 5.41) is 8.69. The molecule has 1 amide bonds. The minimum atomic E-state index is -0.927. The first-order valence-corrected chi connectivity index (χ1v) is 7.57. The summed E-state index contributed by atoms with van der Waals surface area (Å²) in [6.07, 6.45) is 1.58. The molecule has 1 aromatic carbocycles. The topological polar surface area (TPSA) is 79.7 Å². The normalized spacial score (nSPS) is 10.2. The van der Waals surface area contributed by atoms with Gasteiger partial charge in [0.1, 0.15) is 12.4 Å². The molecule has 2 aromatic rings. The molecule has 0 saturated heterocycles. The van der Waals surface area contributed by atoms with Crippen molar-refractivity contribution in [2.45, 2.75) is 20.0 Å². The van der Waals surface area contributed by atoms with E-state index in [1.54, 1.807) is 31.4 Å². The van der Waals surface area contributed by atoms with Gasteiger partial charge in [-0.25, -0.2) is 0 Å². The molecule has 126 valence electrons. The maximum atomic E-state index is 12.3. The van der Waals surface area contributed by atoms with Crippen molar-refractivity contribution in [2.24, 2.45) is 0 Å². The Bertz CT molecular complexity index is 713. The van der Waals surface area contributed by atoms with Crippen LogP contribution in [0.4, 0.5) is 0 Å². The minimum absolute atomic E-state index is 0.0779. The monoisotopic (exact) mass is 328 g/mol. The SMILES string of the molecule is Cc1ccc(OCc2cccc(C(=O)N(C)CCC(=O)O)c2)cn1. The van der Waals surface area contributed by atoms with Crippen LogP contribution in [0.5, 0.6) is 5.75 Å². The number of aryl methyl sites for hydroxylation is 1. The third-order valence-corrected chi connectivity index (χ3v) is 3.47. The van der Waals surface area contributed by atoms with E-state index in [0.29, 0.717) is 17.9 Å². The van der Waals surface area contributed by atoms with Crippen molar-refractivity contribution >= 4 is 11.9 Å². The molecule has 0 unspecified atom stereocenters. The maximum Gasteiger partial charge on any atom is 0.305 e. The molecule has 0 aliphatic carbocycles. The molecule has 6 nitrogen and oxygen atoms in total. The van der Waals surface area contributed by atoms with Gasteiger partial charge in [0.15, 0.2) is 0 Å². The zero-order valence-electron chi connectivity index (χ0n) is 13.7. The molecule has 1 N–H and O–H groups in total. The second-order valence-electron chi connectivity index (χ2n) is 5.49. The van der Waals surface area contributed by atoms with Crippen LogP contribution < -0.4 is 4.74 Å². The number of carboxylic acids is 1. The Morgan fingerprint density at radius 2 is 2.04 bits per heavy atom. The summed E-state index contributed by atoms with van der Waals surface area (Å²) in [7, 11) is 1.59. The summed E-state index contributed by atoms with van der Waals surface area (Å²) < 4.78 is 5.66. The lowest BCUT2D eigenvalue weighted by atomic mass is 10.1. The summed E-state index contributed by atoms with van der Waals surface area (Å²) >= 11 is 0. The zero-order chi connectivity index (χ0) is 17.5. The van der Waals surface area contributed by atoms with Crippen LogP contribution >= 0.6 is 0 Å². The lowest BCUT2D eigenvalue weighted by Gasteiger charge is -2.16. The van der Waals surface area contributed by atoms with Gasteiger partial charge >= 0.3 is 5.97 Å². The number of pyridine rings is 1. The van der Waals surface area contributed by atoms with Crippen LogP contribution in [0.1, 0.15) is 28.0 Å². The van der Waals surface area contributed by atoms with Gasteiger partial charge < -0.3 is 14.7 Å². The van der Waals surface area contributed by atoms with Crippen molar-refractivity contribution in [3.05, 3.63) is 59.4 Å². The predicted molar refractivity (Wildman–Crippen MR) is 89.0 cm³/mol. The van der Waals surface area contributed by atoms with Gasteiger partial charge in [-0.05, 0) is 36.8 Å². The standard InChI is InChI=1S/C18H20N2O4/c1-13-6-7-16(11-19-13)24-12-14-4-3-5-15(10-14)18(23)20(2)9-8-17(21)22/h3-7,10-11H,8-9,12H2,1-2H3,(H,21,22). The highest BCUT2D eigenvalue weighted by atomic mass is 16.5. The molecule has 0 bridgehead atoms. The molecule has 1 heterocycles. The van der Waals surface area contributed by atoms with E-state index in [4.69, 9.17) is 9.84 Å². The van der Waals surface area contributed by atoms with Crippen molar-refractivity contribution in [3.8, 4) is 5.75 Å². The predicted octanol–water partition coefficient (Wildman–Crippen LogP) is 2.52. The Kier molecular flexibility index (Phi) is 5.89. The number of carboxylic acid groups (broad SMARTS) is 1. The van der Waals surface area contributed by atoms with E-state index in [1.807, 2.05) is 25.1 Å². The Balaban J connectivity index is 1.98. The number of carbonyl (C=O) groups is 2. The highest BCUT2D eigenvalue weighted by molar-refractivity contribution is 5.94. The average Bonchev–Trinajstić information content (AvgIpc) is 2.58. The molecule has 0 spiro atoms. The summed E-state index contributed by atoms with van der Waals surface area (Å²) in [4.78, 5) is 28.5. The van der Waals surface area contributed by atoms with Crippen LogP contribution in [0.3, 0.4) is 0 Å². The summed E-state index contributed by atoms with van der Waals surface area (Å²) in [6.45, 7) is 2.40. The molecule has 0 atom stereocenters. The largest absolute Gasteiger partial charge is 0.487 e. The van der Waals surface area contributed by atoms with Crippen molar-refractivity contribution in [1.82, 2.24) is 9.88 Å². The average molecular weight is 328 g/mol. The van der Waals surface area contributed by atoms with Crippen LogP contribution in [0.25, 0.3) is 0 Å². The van der Waals surface area contributed by atoms with Crippen LogP contribution in [0.15, 0.2) is 42.6 Å². The van der Waals surface area contributed by atoms with Gasteiger partial charge in [0.05, 0.1) is 12.6 Å². The summed E-state index contributed by atoms with van der Waals surface area (Å²) in [5.74, 6) is -0.477. The second-order valence-corrected chi connectivity index (χ2v) is 5.49. The van der Waals surface area contributed by atoms with E-state index in [1.165, 1.54) is 4.90 Å². The van der Waals surface area contributed by atoms with Crippen molar-refractivity contribution in [1.29, 1.82) is 0 Å². The Morgan fingerprint density at radius 1 is 1.25 bits per heavy atom. The smallest absolute Gasteiger partial charge is 0.305 e. The highest BCUT2D eigenvalue weighted by Crippen LogP contribution is 2.13. The van der Waals surface area contributed by atoms with Crippen molar-refractivity contribution < 1.29 is 19.4 Å². The van der Waals surface area contributed by atoms with Crippen molar-refractivity contribution in [3.63, 3.8) is 0 Å². The molecule has 0 aliphatic heterocycles. The van der Waals surface area contributed by atoms with Gasteiger partial charge in [-0.15, -0.1) is 0 Å². The fourth-order valence-corrected chi connectivity index (χ4v) is 2.09. The van der Waals surface area contributed by atoms with Gasteiger partial charge in [0, 0.05) is 24.8 Å². The molecular formula is C18H20N2O4. The summed E-state index contributed by atoms with van der Waals surface area (Å²) in [6, 6.07) is 10.8. The third-order valence-electron chi connectivity index (χ3n) is 3.47. The van der Waals surface area contributed by atoms with Crippen LogP contribution in [-0.4, -0.2) is 40.5 Å². The molecule has 1 aromatic heterocycles. The number of aliphatic carboxylic acids is 1. The van der Waals surface area contributed by atoms with Gasteiger partial charge in [0.25, 0.3) is 5.91 Å². The number of hydrogen-bond donors (Lipinski definition) is 1. The number of amides is 1. The quantitative estimate of drug-likeness (QED) is 0.845. The van der Waals surface area contributed by atoms with E-state index in [0.717, 1.165) is 11.3 Å². The lowest BCUT2D eigenvalue weighted by Crippen LogP contribution is -2.29. The molecular weight excluding hydrogens is 308 g/mol. The molecule has 0 radical (unpaired) electrons. The first-order chi connectivity index (χ1) is 11.5. The molecule has 6 heteroatoms. The van der Waals surface area contributed by atoms with Crippen LogP contribution in [0.2, 0.25) is 0 Å². The summed E-state index contributed by atoms with van der Waals surface area (Å²) in [5.41, 5.74) is 2.28. The number of ether oxygens (including phenoxy) is 1. The highest BCUT2D eigenvalue weighted by Gasteiger charge is 2.13. The van der Waals surface area contributed by atoms with Crippen molar-refractivity contribution in [2.75, 3.05) is 13.6 Å². The van der Waals surface area contributed by atoms with E-state index < -0.39 is 5.97 Å². The third kappa shape index (κ3) is 5.08. The molecule has 24 heavy (non-hydrogen) atoms. The van der Waals surface area contributed by atoms with E-state index in [2.05, 4.69) is 4.98 Å². The van der Waals surface area contributed by atoms with Gasteiger partial charge in [-0.3, -0.25) is 14.6 Å². The number of rotatable bonds is 7. The minimum Gasteiger partial charge on any atom is -0.487 e. The second kappa shape index (κ2) is 8.10. The number of aromatic nitrogens is 1. The maximum absolute atomic E-state index is 12.3. The number of nitrogens with zero attached hydrogens (tertiary/aromatic N) is 2. The fraction of sp³-hybridized carbons (Fsp3) is 0.278. The Labute approximate surface area is 140 Å². The molecule has 0 fully saturated rings. The first-order valence-electron chi connectivity index (χ1n) is 7.57. The van der Waals surface area contributed by atoms with Crippen LogP contribution in [0, 0.1) is 6.92 Å². The first kappa shape index (κ1) is 17.5. The Hall–Kier alpha value is -2.89. The van der Waals surface area contributed by atoms with Crippen LogP contribution in [-0.2, 0) is 11.4 Å². The van der Waals surface area contributed by atoms with Gasteiger partial charge in [0.2, 0.25) is 0 Å². The number of benzene rings is 1. The van der Waals surface area contributed by atoms with Gasteiger partial charge in [-0.2, -0.15) is 0 Å². The number of carbonyl (C=O) groups excluding carboxylic acids is 1. The molecule has 0 saturated carbocycles. The van der Waals surface area contributed by atoms with E-state index >= 15 is 0 Å². The Morgan fingerprint density at radius 3 is 2.71 bits per heavy atom. The molecule has 2 rings (SSSR count). The van der Waals surface area contributed by atoms with E-state index in [-0.39, 0.29) is 18.9 Å². The molecule has 0 aliphatic rings. The lowest BCUT2D eigenvalue weighted by molar-refractivity contribution is -0.137.